The molecule has 0 unspecified atom stereocenters. The van der Waals surface area contributed by atoms with Gasteiger partial charge in [-0.25, -0.2) is 9.18 Å². The van der Waals surface area contributed by atoms with Crippen molar-refractivity contribution >= 4 is 11.7 Å². The van der Waals surface area contributed by atoms with Crippen LogP contribution in [0.2, 0.25) is 0 Å². The summed E-state index contributed by atoms with van der Waals surface area (Å²) in [5.74, 6) is -1.62. The van der Waals surface area contributed by atoms with Crippen molar-refractivity contribution in [1.29, 1.82) is 0 Å². The number of aromatic carboxylic acids is 1. The van der Waals surface area contributed by atoms with Crippen molar-refractivity contribution in [3.8, 4) is 5.75 Å². The number of rotatable bonds is 4. The number of benzene rings is 1. The van der Waals surface area contributed by atoms with E-state index < -0.39 is 17.5 Å². The fraction of sp³-hybridized carbons (Fsp3) is 0.0833. The van der Waals surface area contributed by atoms with E-state index in [0.717, 1.165) is 6.07 Å². The summed E-state index contributed by atoms with van der Waals surface area (Å²) in [7, 11) is 0. The van der Waals surface area contributed by atoms with E-state index in [1.54, 1.807) is 12.1 Å². The number of nitrogens with two attached hydrogens (primary N) is 1. The highest BCUT2D eigenvalue weighted by Crippen LogP contribution is 2.27. The van der Waals surface area contributed by atoms with Crippen LogP contribution >= 0.6 is 0 Å². The molecule has 1 heterocycles. The van der Waals surface area contributed by atoms with Gasteiger partial charge in [-0.05, 0) is 24.3 Å². The Morgan fingerprint density at radius 1 is 1.44 bits per heavy atom. The normalized spacial score (nSPS) is 10.3. The molecule has 6 heteroatoms. The van der Waals surface area contributed by atoms with Gasteiger partial charge in [-0.2, -0.15) is 0 Å². The summed E-state index contributed by atoms with van der Waals surface area (Å²) in [4.78, 5) is 11.0. The van der Waals surface area contributed by atoms with Crippen LogP contribution in [0, 0.1) is 5.82 Å². The maximum atomic E-state index is 13.2. The molecule has 0 aliphatic carbocycles. The van der Waals surface area contributed by atoms with Gasteiger partial charge in [0.2, 0.25) is 0 Å². The monoisotopic (exact) mass is 251 g/mol. The predicted molar refractivity (Wildman–Crippen MR) is 60.8 cm³/mol. The van der Waals surface area contributed by atoms with Crippen LogP contribution in [0.15, 0.2) is 34.9 Å². The highest BCUT2D eigenvalue weighted by atomic mass is 19.1. The molecule has 0 spiro atoms. The van der Waals surface area contributed by atoms with E-state index in [4.69, 9.17) is 20.0 Å². The Hall–Kier alpha value is -2.50. The van der Waals surface area contributed by atoms with E-state index in [2.05, 4.69) is 0 Å². The molecule has 0 fully saturated rings. The van der Waals surface area contributed by atoms with Crippen LogP contribution in [0.3, 0.4) is 0 Å². The molecule has 0 saturated heterocycles. The van der Waals surface area contributed by atoms with Crippen molar-refractivity contribution in [1.82, 2.24) is 0 Å². The Balaban J connectivity index is 2.27. The molecule has 3 N–H and O–H groups in total. The van der Waals surface area contributed by atoms with Gasteiger partial charge in [0.1, 0.15) is 29.5 Å². The zero-order chi connectivity index (χ0) is 13.1. The highest BCUT2D eigenvalue weighted by Gasteiger charge is 2.18. The lowest BCUT2D eigenvalue weighted by molar-refractivity contribution is 0.0692. The summed E-state index contributed by atoms with van der Waals surface area (Å²) in [6.07, 6.45) is 1.47. The minimum Gasteiger partial charge on any atom is -0.485 e. The van der Waals surface area contributed by atoms with E-state index in [1.165, 1.54) is 12.3 Å². The molecule has 2 aromatic rings. The Labute approximate surface area is 102 Å². The Morgan fingerprint density at radius 2 is 2.22 bits per heavy atom. The molecule has 0 bridgehead atoms. The van der Waals surface area contributed by atoms with E-state index >= 15 is 0 Å². The van der Waals surface area contributed by atoms with Gasteiger partial charge >= 0.3 is 5.97 Å². The fourth-order valence-electron chi connectivity index (χ4n) is 1.46. The number of carboxylic acids is 1. The second-order valence-corrected chi connectivity index (χ2v) is 3.51. The van der Waals surface area contributed by atoms with Crippen molar-refractivity contribution in [2.45, 2.75) is 6.61 Å². The predicted octanol–water partition coefficient (Wildman–Crippen LogP) is 2.28. The van der Waals surface area contributed by atoms with Crippen LogP contribution in [0.1, 0.15) is 16.1 Å². The third-order valence-electron chi connectivity index (χ3n) is 2.32. The zero-order valence-electron chi connectivity index (χ0n) is 9.22. The molecule has 5 nitrogen and oxygen atoms in total. The maximum absolute atomic E-state index is 13.2. The first-order valence-corrected chi connectivity index (χ1v) is 5.06. The summed E-state index contributed by atoms with van der Waals surface area (Å²) >= 11 is 0. The summed E-state index contributed by atoms with van der Waals surface area (Å²) in [6, 6.07) is 5.63. The second kappa shape index (κ2) is 4.79. The average Bonchev–Trinajstić information content (AvgIpc) is 2.83. The van der Waals surface area contributed by atoms with Gasteiger partial charge in [0.15, 0.2) is 0 Å². The number of furan rings is 1. The van der Waals surface area contributed by atoms with Crippen LogP contribution in [0.25, 0.3) is 0 Å². The third kappa shape index (κ3) is 2.27. The van der Waals surface area contributed by atoms with E-state index in [1.807, 2.05) is 0 Å². The molecule has 0 amide bonds. The number of nitrogen functional groups attached to an aromatic ring is 1. The van der Waals surface area contributed by atoms with Crippen molar-refractivity contribution in [2.75, 3.05) is 5.73 Å². The lowest BCUT2D eigenvalue weighted by atomic mass is 10.1. The van der Waals surface area contributed by atoms with Crippen LogP contribution in [-0.4, -0.2) is 11.1 Å². The van der Waals surface area contributed by atoms with Gasteiger partial charge in [0.05, 0.1) is 12.0 Å². The fourth-order valence-corrected chi connectivity index (χ4v) is 1.46. The molecule has 18 heavy (non-hydrogen) atoms. The maximum Gasteiger partial charge on any atom is 0.341 e. The zero-order valence-corrected chi connectivity index (χ0v) is 9.22. The molecule has 0 radical (unpaired) electrons. The van der Waals surface area contributed by atoms with Gasteiger partial charge in [-0.1, -0.05) is 0 Å². The number of ether oxygens (including phenoxy) is 1. The van der Waals surface area contributed by atoms with Crippen molar-refractivity contribution in [3.05, 3.63) is 47.7 Å². The number of hydrogen-bond donors (Lipinski definition) is 2. The minimum atomic E-state index is -1.35. The number of halogens is 1. The molecular weight excluding hydrogens is 241 g/mol. The summed E-state index contributed by atoms with van der Waals surface area (Å²) in [5.41, 5.74) is 4.54. The number of hydrogen-bond acceptors (Lipinski definition) is 4. The van der Waals surface area contributed by atoms with Crippen molar-refractivity contribution in [3.63, 3.8) is 0 Å². The first kappa shape index (κ1) is 12.0. The van der Waals surface area contributed by atoms with Crippen molar-refractivity contribution in [2.24, 2.45) is 0 Å². The van der Waals surface area contributed by atoms with Gasteiger partial charge in [0.25, 0.3) is 0 Å². The van der Waals surface area contributed by atoms with Gasteiger partial charge in [-0.15, -0.1) is 0 Å². The van der Waals surface area contributed by atoms with Gasteiger partial charge in [0, 0.05) is 0 Å². The molecule has 0 atom stereocenters. The average molecular weight is 251 g/mol. The van der Waals surface area contributed by atoms with Crippen LogP contribution in [0.5, 0.6) is 5.75 Å². The van der Waals surface area contributed by atoms with E-state index in [-0.39, 0.29) is 17.9 Å². The summed E-state index contributed by atoms with van der Waals surface area (Å²) in [5, 5.41) is 8.98. The van der Waals surface area contributed by atoms with E-state index in [9.17, 15) is 9.18 Å². The molecule has 0 saturated carbocycles. The second-order valence-electron chi connectivity index (χ2n) is 3.51. The third-order valence-corrected chi connectivity index (χ3v) is 2.32. The van der Waals surface area contributed by atoms with E-state index in [0.29, 0.717) is 5.76 Å². The van der Waals surface area contributed by atoms with Gasteiger partial charge < -0.3 is 20.0 Å². The molecule has 0 aliphatic heterocycles. The Morgan fingerprint density at radius 3 is 2.83 bits per heavy atom. The molecule has 94 valence electrons. The number of anilines is 1. The van der Waals surface area contributed by atoms with Crippen LogP contribution < -0.4 is 10.5 Å². The number of carbonyl (C=O) groups is 1. The summed E-state index contributed by atoms with van der Waals surface area (Å²) in [6.45, 7) is 0.0400. The Kier molecular flexibility index (Phi) is 3.18. The minimum absolute atomic E-state index is 0.00204. The van der Waals surface area contributed by atoms with Gasteiger partial charge in [-0.3, -0.25) is 0 Å². The highest BCUT2D eigenvalue weighted by molar-refractivity contribution is 5.96. The van der Waals surface area contributed by atoms with Crippen LogP contribution in [0.4, 0.5) is 10.1 Å². The SMILES string of the molecule is Nc1c(F)ccc(OCc2ccco2)c1C(=O)O. The number of carboxylic acid groups (broad SMARTS) is 1. The molecule has 1 aromatic carbocycles. The molecule has 1 aromatic heterocycles. The largest absolute Gasteiger partial charge is 0.485 e. The lowest BCUT2D eigenvalue weighted by Crippen LogP contribution is -2.08. The molecule has 2 rings (SSSR count). The first-order valence-electron chi connectivity index (χ1n) is 5.06. The smallest absolute Gasteiger partial charge is 0.341 e. The Bertz CT molecular complexity index is 566. The first-order chi connectivity index (χ1) is 8.59. The molecular formula is C12H10FNO4. The van der Waals surface area contributed by atoms with Crippen LogP contribution in [-0.2, 0) is 6.61 Å². The summed E-state index contributed by atoms with van der Waals surface area (Å²) < 4.78 is 23.5. The topological polar surface area (TPSA) is 85.7 Å². The standard InChI is InChI=1S/C12H10FNO4/c13-8-3-4-9(10(11(8)14)12(15)16)18-6-7-2-1-5-17-7/h1-5H,6,14H2,(H,15,16). The van der Waals surface area contributed by atoms with Crippen molar-refractivity contribution < 1.29 is 23.4 Å². The lowest BCUT2D eigenvalue weighted by Gasteiger charge is -2.10. The molecule has 0 aliphatic rings. The quantitative estimate of drug-likeness (QED) is 0.814.